The monoisotopic (exact) mass is 605 g/mol. The van der Waals surface area contributed by atoms with Gasteiger partial charge in [-0.15, -0.1) is 24.3 Å². The Hall–Kier alpha value is -3.03. The van der Waals surface area contributed by atoms with Gasteiger partial charge in [0.2, 0.25) is 0 Å². The summed E-state index contributed by atoms with van der Waals surface area (Å²) in [5.74, 6) is -2.62. The molecule has 0 bridgehead atoms. The van der Waals surface area contributed by atoms with Crippen molar-refractivity contribution in [2.45, 2.75) is 0 Å². The van der Waals surface area contributed by atoms with Crippen molar-refractivity contribution in [3.63, 3.8) is 0 Å². The molecular formula is C22H16F4IrN4-2. The quantitative estimate of drug-likeness (QED) is 0.248. The van der Waals surface area contributed by atoms with Crippen LogP contribution in [0.15, 0.2) is 61.1 Å². The summed E-state index contributed by atoms with van der Waals surface area (Å²) >= 11 is 0. The van der Waals surface area contributed by atoms with Crippen LogP contribution in [0.5, 0.6) is 0 Å². The van der Waals surface area contributed by atoms with Crippen LogP contribution in [0.4, 0.5) is 23.2 Å². The largest absolute Gasteiger partial charge is 0.378 e. The average molecular weight is 605 g/mol. The second-order valence-electron chi connectivity index (χ2n) is 6.30. The average Bonchev–Trinajstić information content (AvgIpc) is 3.23. The first-order chi connectivity index (χ1) is 14.3. The van der Waals surface area contributed by atoms with Gasteiger partial charge in [0.25, 0.3) is 0 Å². The zero-order valence-electron chi connectivity index (χ0n) is 16.4. The van der Waals surface area contributed by atoms with E-state index in [4.69, 9.17) is 0 Å². The number of rotatable bonds is 3. The number of benzene rings is 2. The summed E-state index contributed by atoms with van der Waals surface area (Å²) in [5.41, 5.74) is 1.63. The molecule has 31 heavy (non-hydrogen) atoms. The SMILES string of the molecule is CN(C)c1ccnc(-c2[c-]cc(F)cc2F)c1.Fc1c[c-]c(-n2cccn2)c(F)c1.[Ir]. The molecule has 0 N–H and O–H groups in total. The van der Waals surface area contributed by atoms with Gasteiger partial charge in [0.15, 0.2) is 0 Å². The van der Waals surface area contributed by atoms with E-state index in [1.54, 1.807) is 24.5 Å². The van der Waals surface area contributed by atoms with E-state index in [1.165, 1.54) is 10.9 Å². The van der Waals surface area contributed by atoms with E-state index in [0.29, 0.717) is 5.69 Å². The smallest absolute Gasteiger partial charge is 0.0493 e. The van der Waals surface area contributed by atoms with Crippen LogP contribution in [-0.2, 0) is 20.1 Å². The van der Waals surface area contributed by atoms with E-state index in [-0.39, 0.29) is 31.4 Å². The predicted octanol–water partition coefficient (Wildman–Crippen LogP) is 4.84. The third kappa shape index (κ3) is 6.23. The predicted molar refractivity (Wildman–Crippen MR) is 105 cm³/mol. The minimum Gasteiger partial charge on any atom is -0.378 e. The first-order valence-electron chi connectivity index (χ1n) is 8.72. The van der Waals surface area contributed by atoms with E-state index in [0.717, 1.165) is 30.0 Å². The first kappa shape index (κ1) is 24.2. The van der Waals surface area contributed by atoms with Gasteiger partial charge in [0.05, 0.1) is 0 Å². The Labute approximate surface area is 190 Å². The molecular weight excluding hydrogens is 588 g/mol. The summed E-state index contributed by atoms with van der Waals surface area (Å²) in [5, 5.41) is 3.80. The summed E-state index contributed by atoms with van der Waals surface area (Å²) in [6, 6.07) is 14.0. The molecule has 9 heteroatoms. The molecule has 0 amide bonds. The Bertz CT molecular complexity index is 1130. The molecule has 0 spiro atoms. The maximum atomic E-state index is 13.5. The van der Waals surface area contributed by atoms with Gasteiger partial charge in [-0.2, -0.15) is 11.2 Å². The number of aromatic nitrogens is 3. The van der Waals surface area contributed by atoms with E-state index in [9.17, 15) is 17.6 Å². The van der Waals surface area contributed by atoms with Gasteiger partial charge in [-0.3, -0.25) is 22.2 Å². The van der Waals surface area contributed by atoms with Crippen molar-refractivity contribution in [2.24, 2.45) is 0 Å². The summed E-state index contributed by atoms with van der Waals surface area (Å²) in [6.45, 7) is 0. The number of anilines is 1. The maximum Gasteiger partial charge on any atom is 0.0493 e. The molecule has 2 heterocycles. The molecule has 4 aromatic rings. The fourth-order valence-corrected chi connectivity index (χ4v) is 2.49. The summed E-state index contributed by atoms with van der Waals surface area (Å²) in [7, 11) is 3.76. The second kappa shape index (κ2) is 10.8. The normalized spacial score (nSPS) is 10.0. The van der Waals surface area contributed by atoms with Crippen molar-refractivity contribution in [1.82, 2.24) is 14.8 Å². The summed E-state index contributed by atoms with van der Waals surface area (Å²) < 4.78 is 53.2. The molecule has 4 nitrogen and oxygen atoms in total. The third-order valence-electron chi connectivity index (χ3n) is 3.95. The van der Waals surface area contributed by atoms with E-state index < -0.39 is 23.3 Å². The van der Waals surface area contributed by atoms with E-state index in [2.05, 4.69) is 22.2 Å². The zero-order chi connectivity index (χ0) is 21.7. The Morgan fingerprint density at radius 3 is 2.16 bits per heavy atom. The van der Waals surface area contributed by atoms with Crippen molar-refractivity contribution < 1.29 is 37.7 Å². The van der Waals surface area contributed by atoms with E-state index >= 15 is 0 Å². The molecule has 0 unspecified atom stereocenters. The zero-order valence-corrected chi connectivity index (χ0v) is 18.8. The van der Waals surface area contributed by atoms with Crippen LogP contribution >= 0.6 is 0 Å². The van der Waals surface area contributed by atoms with Crippen molar-refractivity contribution in [3.05, 3.63) is 96.5 Å². The topological polar surface area (TPSA) is 34.0 Å². The fourth-order valence-electron chi connectivity index (χ4n) is 2.49. The van der Waals surface area contributed by atoms with Crippen molar-refractivity contribution in [2.75, 3.05) is 19.0 Å². The molecule has 1 radical (unpaired) electrons. The number of nitrogens with zero attached hydrogens (tertiary/aromatic N) is 4. The van der Waals surface area contributed by atoms with Crippen molar-refractivity contribution >= 4 is 5.69 Å². The van der Waals surface area contributed by atoms with Crippen LogP contribution in [0, 0.1) is 35.4 Å². The Balaban J connectivity index is 0.000000220. The Morgan fingerprint density at radius 2 is 1.58 bits per heavy atom. The molecule has 0 saturated carbocycles. The second-order valence-corrected chi connectivity index (χ2v) is 6.30. The molecule has 4 rings (SSSR count). The molecule has 0 aliphatic heterocycles. The fraction of sp³-hybridized carbons (Fsp3) is 0.0909. The molecule has 0 aliphatic carbocycles. The van der Waals surface area contributed by atoms with Crippen LogP contribution in [0.25, 0.3) is 16.9 Å². The third-order valence-corrected chi connectivity index (χ3v) is 3.95. The molecule has 0 saturated heterocycles. The standard InChI is InChI=1S/C13H11F2N2.C9H5F2N2.Ir/c1-17(2)10-5-6-16-13(8-10)11-4-3-9(14)7-12(11)15;10-7-2-3-9(8(11)6-7)13-5-1-4-12-13;/h3,5-8H,1-2H3;1-2,4-6H;/q2*-1;. The van der Waals surface area contributed by atoms with Crippen LogP contribution in [0.2, 0.25) is 0 Å². The molecule has 0 fully saturated rings. The van der Waals surface area contributed by atoms with Crippen molar-refractivity contribution in [1.29, 1.82) is 0 Å². The van der Waals surface area contributed by atoms with Crippen LogP contribution in [0.1, 0.15) is 0 Å². The van der Waals surface area contributed by atoms with Gasteiger partial charge in [-0.05, 0) is 23.5 Å². The van der Waals surface area contributed by atoms with Gasteiger partial charge in [-0.1, -0.05) is 17.7 Å². The Kier molecular flexibility index (Phi) is 8.47. The first-order valence-corrected chi connectivity index (χ1v) is 8.72. The molecule has 2 aromatic heterocycles. The summed E-state index contributed by atoms with van der Waals surface area (Å²) in [6.07, 6.45) is 4.66. The van der Waals surface area contributed by atoms with Crippen molar-refractivity contribution in [3.8, 4) is 16.9 Å². The molecule has 2 aromatic carbocycles. The van der Waals surface area contributed by atoms with E-state index in [1.807, 2.05) is 25.1 Å². The van der Waals surface area contributed by atoms with Crippen LogP contribution in [0.3, 0.4) is 0 Å². The number of hydrogen-bond donors (Lipinski definition) is 0. The summed E-state index contributed by atoms with van der Waals surface area (Å²) in [4.78, 5) is 5.94. The molecule has 0 aliphatic rings. The number of halogens is 4. The van der Waals surface area contributed by atoms with Gasteiger partial charge in [-0.25, -0.2) is 0 Å². The van der Waals surface area contributed by atoms with Gasteiger partial charge in [0, 0.05) is 81.7 Å². The number of pyridine rings is 1. The van der Waals surface area contributed by atoms with Crippen LogP contribution < -0.4 is 4.90 Å². The maximum absolute atomic E-state index is 13.5. The van der Waals surface area contributed by atoms with Gasteiger partial charge < -0.3 is 9.88 Å². The Morgan fingerprint density at radius 1 is 0.903 bits per heavy atom. The molecule has 163 valence electrons. The molecule has 0 atom stereocenters. The van der Waals surface area contributed by atoms with Gasteiger partial charge >= 0.3 is 0 Å². The minimum absolute atomic E-state index is 0. The minimum atomic E-state index is -0.677. The number of hydrogen-bond acceptors (Lipinski definition) is 3. The van der Waals surface area contributed by atoms with Gasteiger partial charge in [0.1, 0.15) is 0 Å². The van der Waals surface area contributed by atoms with Crippen LogP contribution in [-0.4, -0.2) is 28.9 Å².